The summed E-state index contributed by atoms with van der Waals surface area (Å²) in [7, 11) is -3.86. The second kappa shape index (κ2) is 9.25. The molecule has 0 atom stereocenters. The molecule has 1 fully saturated rings. The Hall–Kier alpha value is -2.94. The highest BCUT2D eigenvalue weighted by atomic mass is 32.2. The number of nitrogens with zero attached hydrogens (tertiary/aromatic N) is 1. The van der Waals surface area contributed by atoms with E-state index in [4.69, 9.17) is 4.74 Å². The molecular weight excluding hydrogens is 411 g/mol. The van der Waals surface area contributed by atoms with Crippen molar-refractivity contribution >= 4 is 27.6 Å². The van der Waals surface area contributed by atoms with Gasteiger partial charge in [-0.15, -0.1) is 0 Å². The monoisotopic (exact) mass is 434 g/mol. The Labute approximate surface area is 174 Å². The molecule has 1 N–H and O–H groups in total. The third-order valence-electron chi connectivity index (χ3n) is 4.91. The molecule has 3 rings (SSSR count). The van der Waals surface area contributed by atoms with E-state index < -0.39 is 15.8 Å². The SMILES string of the molecule is CCOC(=O)C1CCN(C(=O)c2ccc(S(=O)(=O)Nc3ccc(F)cc3)cc2)CC1. The van der Waals surface area contributed by atoms with Crippen LogP contribution < -0.4 is 4.72 Å². The number of amides is 1. The molecule has 1 saturated heterocycles. The van der Waals surface area contributed by atoms with E-state index in [0.717, 1.165) is 12.1 Å². The van der Waals surface area contributed by atoms with Gasteiger partial charge in [0.2, 0.25) is 0 Å². The van der Waals surface area contributed by atoms with Crippen LogP contribution in [-0.4, -0.2) is 44.9 Å². The molecule has 0 aliphatic carbocycles. The number of rotatable bonds is 6. The van der Waals surface area contributed by atoms with E-state index in [0.29, 0.717) is 38.1 Å². The smallest absolute Gasteiger partial charge is 0.309 e. The number of anilines is 1. The van der Waals surface area contributed by atoms with Crippen molar-refractivity contribution < 1.29 is 27.1 Å². The Morgan fingerprint density at radius 1 is 1.07 bits per heavy atom. The van der Waals surface area contributed by atoms with Gasteiger partial charge in [0.15, 0.2) is 0 Å². The van der Waals surface area contributed by atoms with Crippen LogP contribution in [0.3, 0.4) is 0 Å². The molecule has 0 saturated carbocycles. The summed E-state index contributed by atoms with van der Waals surface area (Å²) in [5, 5.41) is 0. The molecule has 0 bridgehead atoms. The quantitative estimate of drug-likeness (QED) is 0.706. The molecule has 0 aromatic heterocycles. The van der Waals surface area contributed by atoms with Crippen molar-refractivity contribution in [2.75, 3.05) is 24.4 Å². The molecule has 9 heteroatoms. The second-order valence-corrected chi connectivity index (χ2v) is 8.64. The molecule has 30 heavy (non-hydrogen) atoms. The van der Waals surface area contributed by atoms with Gasteiger partial charge in [-0.05, 0) is 68.3 Å². The van der Waals surface area contributed by atoms with E-state index in [1.165, 1.54) is 36.4 Å². The van der Waals surface area contributed by atoms with E-state index in [9.17, 15) is 22.4 Å². The summed E-state index contributed by atoms with van der Waals surface area (Å²) in [5.41, 5.74) is 0.603. The minimum Gasteiger partial charge on any atom is -0.466 e. The number of nitrogens with one attached hydrogen (secondary N) is 1. The van der Waals surface area contributed by atoms with Crippen LogP contribution in [0.15, 0.2) is 53.4 Å². The highest BCUT2D eigenvalue weighted by Gasteiger charge is 2.28. The molecule has 0 radical (unpaired) electrons. The Kier molecular flexibility index (Phi) is 6.71. The van der Waals surface area contributed by atoms with Gasteiger partial charge < -0.3 is 9.64 Å². The number of sulfonamides is 1. The highest BCUT2D eigenvalue weighted by Crippen LogP contribution is 2.22. The lowest BCUT2D eigenvalue weighted by molar-refractivity contribution is -0.149. The van der Waals surface area contributed by atoms with Crippen LogP contribution in [0.4, 0.5) is 10.1 Å². The first-order valence-corrected chi connectivity index (χ1v) is 11.1. The summed E-state index contributed by atoms with van der Waals surface area (Å²) in [5.74, 6) is -1.10. The van der Waals surface area contributed by atoms with Gasteiger partial charge in [-0.2, -0.15) is 0 Å². The summed E-state index contributed by atoms with van der Waals surface area (Å²) in [6, 6.07) is 10.6. The van der Waals surface area contributed by atoms with Gasteiger partial charge in [-0.1, -0.05) is 0 Å². The number of hydrogen-bond donors (Lipinski definition) is 1. The second-order valence-electron chi connectivity index (χ2n) is 6.96. The molecule has 160 valence electrons. The fourth-order valence-corrected chi connectivity index (χ4v) is 4.33. The fourth-order valence-electron chi connectivity index (χ4n) is 3.27. The van der Waals surface area contributed by atoms with Crippen molar-refractivity contribution in [3.05, 3.63) is 59.9 Å². The Morgan fingerprint density at radius 2 is 1.67 bits per heavy atom. The van der Waals surface area contributed by atoms with Crippen molar-refractivity contribution in [3.8, 4) is 0 Å². The molecule has 7 nitrogen and oxygen atoms in total. The lowest BCUT2D eigenvalue weighted by atomic mass is 9.96. The molecule has 2 aromatic carbocycles. The topological polar surface area (TPSA) is 92.8 Å². The third kappa shape index (κ3) is 5.15. The number of hydrogen-bond acceptors (Lipinski definition) is 5. The predicted molar refractivity (Wildman–Crippen MR) is 109 cm³/mol. The molecule has 1 heterocycles. The van der Waals surface area contributed by atoms with Crippen LogP contribution in [-0.2, 0) is 19.6 Å². The van der Waals surface area contributed by atoms with Gasteiger partial charge in [-0.25, -0.2) is 12.8 Å². The summed E-state index contributed by atoms with van der Waals surface area (Å²) < 4.78 is 45.3. The molecule has 1 aliphatic heterocycles. The van der Waals surface area contributed by atoms with Gasteiger partial charge in [-0.3, -0.25) is 14.3 Å². The molecule has 0 unspecified atom stereocenters. The predicted octanol–water partition coefficient (Wildman–Crippen LogP) is 3.04. The Bertz CT molecular complexity index is 999. The van der Waals surface area contributed by atoms with Crippen LogP contribution in [0.5, 0.6) is 0 Å². The van der Waals surface area contributed by atoms with Gasteiger partial charge in [0, 0.05) is 24.3 Å². The molecular formula is C21H23FN2O5S. The van der Waals surface area contributed by atoms with Crippen LogP contribution >= 0.6 is 0 Å². The summed E-state index contributed by atoms with van der Waals surface area (Å²) in [6.45, 7) is 2.97. The molecule has 0 spiro atoms. The number of halogens is 1. The van der Waals surface area contributed by atoms with Crippen molar-refractivity contribution in [1.82, 2.24) is 4.90 Å². The van der Waals surface area contributed by atoms with Crippen molar-refractivity contribution in [2.45, 2.75) is 24.7 Å². The first-order valence-electron chi connectivity index (χ1n) is 9.64. The maximum Gasteiger partial charge on any atom is 0.309 e. The minimum absolute atomic E-state index is 0.00982. The van der Waals surface area contributed by atoms with E-state index in [-0.39, 0.29) is 28.4 Å². The first-order chi connectivity index (χ1) is 14.3. The number of carbonyl (C=O) groups excluding carboxylic acids is 2. The zero-order chi connectivity index (χ0) is 21.7. The first kappa shape index (κ1) is 21.8. The summed E-state index contributed by atoms with van der Waals surface area (Å²) >= 11 is 0. The zero-order valence-electron chi connectivity index (χ0n) is 16.5. The van der Waals surface area contributed by atoms with Gasteiger partial charge in [0.25, 0.3) is 15.9 Å². The minimum atomic E-state index is -3.86. The normalized spacial score (nSPS) is 14.9. The largest absolute Gasteiger partial charge is 0.466 e. The third-order valence-corrected chi connectivity index (χ3v) is 6.31. The van der Waals surface area contributed by atoms with E-state index in [1.54, 1.807) is 11.8 Å². The number of esters is 1. The van der Waals surface area contributed by atoms with Crippen LogP contribution in [0.2, 0.25) is 0 Å². The van der Waals surface area contributed by atoms with Gasteiger partial charge >= 0.3 is 5.97 Å². The maximum atomic E-state index is 13.0. The van der Waals surface area contributed by atoms with Crippen molar-refractivity contribution in [3.63, 3.8) is 0 Å². The van der Waals surface area contributed by atoms with Gasteiger partial charge in [0.1, 0.15) is 5.82 Å². The Balaban J connectivity index is 1.63. The van der Waals surface area contributed by atoms with E-state index >= 15 is 0 Å². The standard InChI is InChI=1S/C21H23FN2O5S/c1-2-29-21(26)16-11-13-24(14-12-16)20(25)15-3-9-19(10-4-15)30(27,28)23-18-7-5-17(22)6-8-18/h3-10,16,23H,2,11-14H2,1H3. The van der Waals surface area contributed by atoms with Crippen LogP contribution in [0.1, 0.15) is 30.1 Å². The summed E-state index contributed by atoms with van der Waals surface area (Å²) in [6.07, 6.45) is 1.08. The number of ether oxygens (including phenoxy) is 1. The Morgan fingerprint density at radius 3 is 2.23 bits per heavy atom. The lowest BCUT2D eigenvalue weighted by Crippen LogP contribution is -2.40. The van der Waals surface area contributed by atoms with E-state index in [1.807, 2.05) is 0 Å². The highest BCUT2D eigenvalue weighted by molar-refractivity contribution is 7.92. The number of likely N-dealkylation sites (tertiary alicyclic amines) is 1. The fraction of sp³-hybridized carbons (Fsp3) is 0.333. The summed E-state index contributed by atoms with van der Waals surface area (Å²) in [4.78, 5) is 26.2. The average molecular weight is 434 g/mol. The average Bonchev–Trinajstić information content (AvgIpc) is 2.75. The lowest BCUT2D eigenvalue weighted by Gasteiger charge is -2.31. The number of piperidine rings is 1. The van der Waals surface area contributed by atoms with Crippen LogP contribution in [0.25, 0.3) is 0 Å². The molecule has 2 aromatic rings. The number of carbonyl (C=O) groups is 2. The zero-order valence-corrected chi connectivity index (χ0v) is 17.3. The molecule has 1 amide bonds. The van der Waals surface area contributed by atoms with E-state index in [2.05, 4.69) is 4.72 Å². The van der Waals surface area contributed by atoms with Crippen molar-refractivity contribution in [2.24, 2.45) is 5.92 Å². The van der Waals surface area contributed by atoms with Crippen molar-refractivity contribution in [1.29, 1.82) is 0 Å². The molecule has 1 aliphatic rings. The number of benzene rings is 2. The van der Waals surface area contributed by atoms with Crippen LogP contribution in [0, 0.1) is 11.7 Å². The van der Waals surface area contributed by atoms with Gasteiger partial charge in [0.05, 0.1) is 17.4 Å². The maximum absolute atomic E-state index is 13.0.